The fraction of sp³-hybridized carbons (Fsp3) is 0.310. The number of nitrogens with one attached hydrogen (secondary N) is 1. The Labute approximate surface area is 207 Å². The van der Waals surface area contributed by atoms with Crippen LogP contribution in [0.25, 0.3) is 0 Å². The summed E-state index contributed by atoms with van der Waals surface area (Å²) in [5.74, 6) is -0.213. The van der Waals surface area contributed by atoms with Crippen LogP contribution < -0.4 is 5.32 Å². The Balaban J connectivity index is 1.97. The molecule has 0 aliphatic heterocycles. The zero-order valence-corrected chi connectivity index (χ0v) is 20.9. The van der Waals surface area contributed by atoms with Crippen molar-refractivity contribution in [2.45, 2.75) is 58.7 Å². The van der Waals surface area contributed by atoms with Gasteiger partial charge in [-0.15, -0.1) is 0 Å². The van der Waals surface area contributed by atoms with Crippen LogP contribution >= 0.6 is 11.6 Å². The van der Waals surface area contributed by atoms with E-state index in [1.165, 1.54) is 0 Å². The minimum atomic E-state index is -0.636. The molecular weight excluding hydrogens is 444 g/mol. The van der Waals surface area contributed by atoms with Gasteiger partial charge in [0.15, 0.2) is 0 Å². The molecule has 0 heterocycles. The van der Waals surface area contributed by atoms with Crippen molar-refractivity contribution in [3.05, 3.63) is 106 Å². The number of nitrogens with zero attached hydrogens (tertiary/aromatic N) is 1. The van der Waals surface area contributed by atoms with Crippen LogP contribution in [-0.2, 0) is 29.0 Å². The van der Waals surface area contributed by atoms with Crippen LogP contribution in [0.2, 0.25) is 5.02 Å². The van der Waals surface area contributed by atoms with Gasteiger partial charge in [0.1, 0.15) is 6.04 Å². The SMILES string of the molecule is CC[C@@H](C)NC(=O)[C@H](Cc1ccccc1)N(Cc1ccc(Cl)cc1)C(=O)Cc1ccccc1C. The first-order chi connectivity index (χ1) is 16.4. The summed E-state index contributed by atoms with van der Waals surface area (Å²) < 4.78 is 0. The quantitative estimate of drug-likeness (QED) is 0.405. The zero-order valence-electron chi connectivity index (χ0n) is 20.1. The van der Waals surface area contributed by atoms with Crippen LogP contribution in [0.15, 0.2) is 78.9 Å². The Hall–Kier alpha value is -3.11. The van der Waals surface area contributed by atoms with E-state index in [1.54, 1.807) is 4.90 Å². The Morgan fingerprint density at radius 1 is 0.912 bits per heavy atom. The van der Waals surface area contributed by atoms with Gasteiger partial charge in [-0.3, -0.25) is 9.59 Å². The van der Waals surface area contributed by atoms with E-state index in [4.69, 9.17) is 11.6 Å². The smallest absolute Gasteiger partial charge is 0.243 e. The number of halogens is 1. The molecule has 0 aliphatic carbocycles. The van der Waals surface area contributed by atoms with Crippen LogP contribution in [0.3, 0.4) is 0 Å². The minimum Gasteiger partial charge on any atom is -0.352 e. The number of hydrogen-bond donors (Lipinski definition) is 1. The molecule has 178 valence electrons. The molecule has 2 atom stereocenters. The van der Waals surface area contributed by atoms with Gasteiger partial charge in [0, 0.05) is 24.0 Å². The molecule has 3 aromatic carbocycles. The Kier molecular flexibility index (Phi) is 9.29. The zero-order chi connectivity index (χ0) is 24.5. The van der Waals surface area contributed by atoms with Crippen molar-refractivity contribution < 1.29 is 9.59 Å². The third-order valence-electron chi connectivity index (χ3n) is 6.14. The average Bonchev–Trinajstić information content (AvgIpc) is 2.84. The van der Waals surface area contributed by atoms with Gasteiger partial charge >= 0.3 is 0 Å². The molecule has 2 amide bonds. The lowest BCUT2D eigenvalue weighted by molar-refractivity contribution is -0.141. The molecule has 0 aromatic heterocycles. The number of hydrogen-bond acceptors (Lipinski definition) is 2. The fourth-order valence-corrected chi connectivity index (χ4v) is 3.98. The highest BCUT2D eigenvalue weighted by Gasteiger charge is 2.31. The molecule has 3 rings (SSSR count). The normalized spacial score (nSPS) is 12.6. The van der Waals surface area contributed by atoms with Gasteiger partial charge < -0.3 is 10.2 Å². The second kappa shape index (κ2) is 12.4. The van der Waals surface area contributed by atoms with Gasteiger partial charge in [-0.2, -0.15) is 0 Å². The predicted octanol–water partition coefficient (Wildman–Crippen LogP) is 5.75. The Morgan fingerprint density at radius 3 is 2.21 bits per heavy atom. The summed E-state index contributed by atoms with van der Waals surface area (Å²) >= 11 is 6.08. The molecule has 0 aliphatic rings. The van der Waals surface area contributed by atoms with Crippen LogP contribution in [0.4, 0.5) is 0 Å². The van der Waals surface area contributed by atoms with Crippen molar-refractivity contribution >= 4 is 23.4 Å². The van der Waals surface area contributed by atoms with Gasteiger partial charge in [0.2, 0.25) is 11.8 Å². The first-order valence-corrected chi connectivity index (χ1v) is 12.2. The molecule has 0 saturated heterocycles. The van der Waals surface area contributed by atoms with Gasteiger partial charge in [0.05, 0.1) is 6.42 Å². The summed E-state index contributed by atoms with van der Waals surface area (Å²) in [6.45, 7) is 6.35. The van der Waals surface area contributed by atoms with Gasteiger partial charge in [-0.05, 0) is 54.7 Å². The van der Waals surface area contributed by atoms with Crippen molar-refractivity contribution in [2.24, 2.45) is 0 Å². The number of carbonyl (C=O) groups excluding carboxylic acids is 2. The van der Waals surface area contributed by atoms with Gasteiger partial charge in [0.25, 0.3) is 0 Å². The second-order valence-electron chi connectivity index (χ2n) is 8.77. The number of aryl methyl sites for hydroxylation is 1. The summed E-state index contributed by atoms with van der Waals surface area (Å²) in [5.41, 5.74) is 3.97. The molecule has 1 N–H and O–H groups in total. The summed E-state index contributed by atoms with van der Waals surface area (Å²) in [7, 11) is 0. The highest BCUT2D eigenvalue weighted by Crippen LogP contribution is 2.19. The van der Waals surface area contributed by atoms with Crippen molar-refractivity contribution in [2.75, 3.05) is 0 Å². The summed E-state index contributed by atoms with van der Waals surface area (Å²) in [6.07, 6.45) is 1.50. The molecule has 0 saturated carbocycles. The van der Waals surface area contributed by atoms with E-state index in [2.05, 4.69) is 5.32 Å². The fourth-order valence-electron chi connectivity index (χ4n) is 3.85. The lowest BCUT2D eigenvalue weighted by Crippen LogP contribution is -2.52. The Morgan fingerprint density at radius 2 is 1.56 bits per heavy atom. The van der Waals surface area contributed by atoms with Crippen LogP contribution in [0.5, 0.6) is 0 Å². The first kappa shape index (κ1) is 25.5. The van der Waals surface area contributed by atoms with E-state index in [0.717, 1.165) is 28.7 Å². The van der Waals surface area contributed by atoms with Crippen LogP contribution in [-0.4, -0.2) is 28.8 Å². The molecule has 5 heteroatoms. The standard InChI is InChI=1S/C29H33ClN2O2/c1-4-22(3)31-29(34)27(18-23-11-6-5-7-12-23)32(20-24-14-16-26(30)17-15-24)28(33)19-25-13-9-8-10-21(25)2/h5-17,22,27H,4,18-20H2,1-3H3,(H,31,34)/t22-,27+/m1/s1. The van der Waals surface area contributed by atoms with Crippen LogP contribution in [0.1, 0.15) is 42.5 Å². The van der Waals surface area contributed by atoms with Crippen molar-refractivity contribution in [3.63, 3.8) is 0 Å². The molecule has 0 spiro atoms. The van der Waals surface area contributed by atoms with E-state index in [-0.39, 0.29) is 24.3 Å². The number of carbonyl (C=O) groups is 2. The molecule has 4 nitrogen and oxygen atoms in total. The number of amides is 2. The van der Waals surface area contributed by atoms with Crippen molar-refractivity contribution in [1.29, 1.82) is 0 Å². The molecule has 34 heavy (non-hydrogen) atoms. The van der Waals surface area contributed by atoms with Crippen molar-refractivity contribution in [1.82, 2.24) is 10.2 Å². The third kappa shape index (κ3) is 7.19. The molecule has 3 aromatic rings. The van der Waals surface area contributed by atoms with Gasteiger partial charge in [-0.1, -0.05) is 85.3 Å². The lowest BCUT2D eigenvalue weighted by Gasteiger charge is -2.32. The van der Waals surface area contributed by atoms with Crippen molar-refractivity contribution in [3.8, 4) is 0 Å². The predicted molar refractivity (Wildman–Crippen MR) is 139 cm³/mol. The molecule has 0 fully saturated rings. The molecule has 0 unspecified atom stereocenters. The van der Waals surface area contributed by atoms with E-state index in [9.17, 15) is 9.59 Å². The number of rotatable bonds is 10. The third-order valence-corrected chi connectivity index (χ3v) is 6.39. The summed E-state index contributed by atoms with van der Waals surface area (Å²) in [5, 5.41) is 3.74. The largest absolute Gasteiger partial charge is 0.352 e. The Bertz CT molecular complexity index is 1080. The van der Waals surface area contributed by atoms with E-state index in [0.29, 0.717) is 18.0 Å². The second-order valence-corrected chi connectivity index (χ2v) is 9.21. The summed E-state index contributed by atoms with van der Waals surface area (Å²) in [4.78, 5) is 29.0. The maximum absolute atomic E-state index is 13.7. The molecular formula is C29H33ClN2O2. The highest BCUT2D eigenvalue weighted by atomic mass is 35.5. The maximum Gasteiger partial charge on any atom is 0.243 e. The summed E-state index contributed by atoms with van der Waals surface area (Å²) in [6, 6.07) is 24.6. The van der Waals surface area contributed by atoms with E-state index in [1.807, 2.05) is 99.6 Å². The molecule has 0 bridgehead atoms. The average molecular weight is 477 g/mol. The van der Waals surface area contributed by atoms with E-state index >= 15 is 0 Å². The number of benzene rings is 3. The van der Waals surface area contributed by atoms with Gasteiger partial charge in [-0.25, -0.2) is 0 Å². The highest BCUT2D eigenvalue weighted by molar-refractivity contribution is 6.30. The minimum absolute atomic E-state index is 0.0228. The first-order valence-electron chi connectivity index (χ1n) is 11.8. The van der Waals surface area contributed by atoms with E-state index < -0.39 is 6.04 Å². The lowest BCUT2D eigenvalue weighted by atomic mass is 10.00. The topological polar surface area (TPSA) is 49.4 Å². The monoisotopic (exact) mass is 476 g/mol. The maximum atomic E-state index is 13.7. The molecule has 0 radical (unpaired) electrons. The van der Waals surface area contributed by atoms with Crippen LogP contribution in [0, 0.1) is 6.92 Å².